The Kier molecular flexibility index (Phi) is 4.87. The molecule has 10 heteroatoms. The molecule has 0 bridgehead atoms. The van der Waals surface area contributed by atoms with Crippen LogP contribution >= 0.6 is 0 Å². The molecule has 1 heterocycles. The van der Waals surface area contributed by atoms with E-state index in [1.807, 2.05) is 6.07 Å². The molecular formula is C18H12F3N3O3S. The fourth-order valence-corrected chi connectivity index (χ4v) is 3.71. The monoisotopic (exact) mass is 407 g/mol. The second-order valence-electron chi connectivity index (χ2n) is 5.89. The molecule has 2 aromatic carbocycles. The lowest BCUT2D eigenvalue weighted by molar-refractivity contribution is -0.136. The number of hydrogen-bond acceptors (Lipinski definition) is 4. The molecule has 0 aliphatic carbocycles. The van der Waals surface area contributed by atoms with Gasteiger partial charge >= 0.3 is 6.18 Å². The van der Waals surface area contributed by atoms with Gasteiger partial charge < -0.3 is 4.98 Å². The second-order valence-corrected chi connectivity index (χ2v) is 7.57. The van der Waals surface area contributed by atoms with Gasteiger partial charge in [-0.15, -0.1) is 0 Å². The minimum Gasteiger partial charge on any atom is -0.322 e. The number of halogens is 3. The van der Waals surface area contributed by atoms with Gasteiger partial charge in [0, 0.05) is 22.7 Å². The molecule has 0 saturated heterocycles. The highest BCUT2D eigenvalue weighted by molar-refractivity contribution is 7.92. The average molecular weight is 407 g/mol. The molecule has 144 valence electrons. The molecule has 0 saturated carbocycles. The van der Waals surface area contributed by atoms with E-state index in [1.165, 1.54) is 12.1 Å². The van der Waals surface area contributed by atoms with Gasteiger partial charge in [-0.3, -0.25) is 9.52 Å². The molecule has 0 aliphatic heterocycles. The molecule has 0 spiro atoms. The van der Waals surface area contributed by atoms with Crippen molar-refractivity contribution in [3.05, 3.63) is 70.0 Å². The topological polar surface area (TPSA) is 103 Å². The van der Waals surface area contributed by atoms with Crippen molar-refractivity contribution in [2.75, 3.05) is 4.72 Å². The smallest absolute Gasteiger partial charge is 0.322 e. The van der Waals surface area contributed by atoms with E-state index in [9.17, 15) is 26.4 Å². The minimum atomic E-state index is -4.82. The molecule has 2 N–H and O–H groups in total. The first-order valence-electron chi connectivity index (χ1n) is 7.83. The summed E-state index contributed by atoms with van der Waals surface area (Å²) >= 11 is 0. The first-order chi connectivity index (χ1) is 13.1. The number of sulfonamides is 1. The van der Waals surface area contributed by atoms with Crippen molar-refractivity contribution < 1.29 is 21.6 Å². The molecule has 1 aromatic heterocycles. The largest absolute Gasteiger partial charge is 0.417 e. The zero-order valence-electron chi connectivity index (χ0n) is 14.0. The summed E-state index contributed by atoms with van der Waals surface area (Å²) < 4.78 is 67.1. The number of benzene rings is 2. The average Bonchev–Trinajstić information content (AvgIpc) is 2.61. The van der Waals surface area contributed by atoms with Gasteiger partial charge in [-0.1, -0.05) is 12.1 Å². The molecule has 0 radical (unpaired) electrons. The lowest BCUT2D eigenvalue weighted by Gasteiger charge is -2.12. The summed E-state index contributed by atoms with van der Waals surface area (Å²) in [5, 5.41) is 8.21. The molecule has 0 unspecified atom stereocenters. The third-order valence-electron chi connectivity index (χ3n) is 3.92. The fraction of sp³-hybridized carbons (Fsp3) is 0.111. The van der Waals surface area contributed by atoms with E-state index in [4.69, 9.17) is 5.26 Å². The molecule has 0 amide bonds. The predicted molar refractivity (Wildman–Crippen MR) is 96.1 cm³/mol. The van der Waals surface area contributed by atoms with E-state index >= 15 is 0 Å². The van der Waals surface area contributed by atoms with Crippen LogP contribution in [0.15, 0.2) is 58.2 Å². The van der Waals surface area contributed by atoms with Crippen LogP contribution in [0.1, 0.15) is 11.1 Å². The zero-order chi connectivity index (χ0) is 20.5. The number of aromatic amines is 1. The van der Waals surface area contributed by atoms with Crippen molar-refractivity contribution >= 4 is 26.6 Å². The Morgan fingerprint density at radius 2 is 1.75 bits per heavy atom. The molecule has 0 aliphatic rings. The van der Waals surface area contributed by atoms with E-state index < -0.39 is 37.6 Å². The quantitative estimate of drug-likeness (QED) is 0.692. The van der Waals surface area contributed by atoms with Crippen molar-refractivity contribution in [2.24, 2.45) is 0 Å². The van der Waals surface area contributed by atoms with E-state index in [2.05, 4.69) is 9.71 Å². The van der Waals surface area contributed by atoms with Gasteiger partial charge in [0.25, 0.3) is 10.0 Å². The number of fused-ring (bicyclic) bond motifs is 1. The first kappa shape index (κ1) is 19.4. The number of anilines is 1. The normalized spacial score (nSPS) is 11.9. The highest BCUT2D eigenvalue weighted by Crippen LogP contribution is 2.34. The van der Waals surface area contributed by atoms with Gasteiger partial charge in [-0.05, 0) is 35.9 Å². The standard InChI is InChI=1S/C18H12F3N3O3S/c19-18(20,21)15-10-17(25)23-16-6-5-13(9-14(15)16)28(26,27)24-12-3-1-11(2-4-12)7-8-22/h1-6,9-10,24H,7H2,(H,23,25). The molecule has 6 nitrogen and oxygen atoms in total. The third-order valence-corrected chi connectivity index (χ3v) is 5.30. The summed E-state index contributed by atoms with van der Waals surface area (Å²) in [4.78, 5) is 13.3. The first-order valence-corrected chi connectivity index (χ1v) is 9.31. The lowest BCUT2D eigenvalue weighted by atomic mass is 10.1. The van der Waals surface area contributed by atoms with Crippen LogP contribution < -0.4 is 10.3 Å². The Hall–Kier alpha value is -3.32. The number of H-pyrrole nitrogens is 1. The number of rotatable bonds is 4. The zero-order valence-corrected chi connectivity index (χ0v) is 14.9. The summed E-state index contributed by atoms with van der Waals surface area (Å²) in [6, 6.07) is 11.4. The molecular weight excluding hydrogens is 395 g/mol. The van der Waals surface area contributed by atoms with Crippen LogP contribution in [0, 0.1) is 11.3 Å². The lowest BCUT2D eigenvalue weighted by Crippen LogP contribution is -2.16. The fourth-order valence-electron chi connectivity index (χ4n) is 2.63. The van der Waals surface area contributed by atoms with Crippen LogP contribution in [0.4, 0.5) is 18.9 Å². The predicted octanol–water partition coefficient (Wildman–Crippen LogP) is 3.41. The van der Waals surface area contributed by atoms with E-state index in [0.717, 1.165) is 18.2 Å². The van der Waals surface area contributed by atoms with Crippen LogP contribution in [-0.2, 0) is 22.6 Å². The summed E-state index contributed by atoms with van der Waals surface area (Å²) in [7, 11) is -4.18. The summed E-state index contributed by atoms with van der Waals surface area (Å²) in [6.45, 7) is 0. The van der Waals surface area contributed by atoms with Crippen LogP contribution in [0.3, 0.4) is 0 Å². The van der Waals surface area contributed by atoms with Crippen LogP contribution in [0.25, 0.3) is 10.9 Å². The summed E-state index contributed by atoms with van der Waals surface area (Å²) in [5.74, 6) is 0. The number of nitriles is 1. The number of alkyl halides is 3. The highest BCUT2D eigenvalue weighted by Gasteiger charge is 2.33. The van der Waals surface area contributed by atoms with Crippen LogP contribution in [-0.4, -0.2) is 13.4 Å². The molecule has 0 atom stereocenters. The minimum absolute atomic E-state index is 0.125. The third kappa shape index (κ3) is 3.99. The van der Waals surface area contributed by atoms with Crippen LogP contribution in [0.2, 0.25) is 0 Å². The maximum absolute atomic E-state index is 13.2. The Bertz CT molecular complexity index is 1240. The highest BCUT2D eigenvalue weighted by atomic mass is 32.2. The maximum Gasteiger partial charge on any atom is 0.417 e. The van der Waals surface area contributed by atoms with Crippen molar-refractivity contribution in [1.82, 2.24) is 4.98 Å². The van der Waals surface area contributed by atoms with Gasteiger partial charge in [-0.25, -0.2) is 8.42 Å². The number of hydrogen-bond donors (Lipinski definition) is 2. The maximum atomic E-state index is 13.2. The van der Waals surface area contributed by atoms with Gasteiger partial charge in [-0.2, -0.15) is 18.4 Å². The van der Waals surface area contributed by atoms with Gasteiger partial charge in [0.15, 0.2) is 0 Å². The molecule has 3 rings (SSSR count). The van der Waals surface area contributed by atoms with Gasteiger partial charge in [0.2, 0.25) is 5.56 Å². The molecule has 28 heavy (non-hydrogen) atoms. The number of nitrogens with zero attached hydrogens (tertiary/aromatic N) is 1. The Morgan fingerprint density at radius 1 is 1.07 bits per heavy atom. The van der Waals surface area contributed by atoms with Crippen LogP contribution in [0.5, 0.6) is 0 Å². The Morgan fingerprint density at radius 3 is 2.36 bits per heavy atom. The summed E-state index contributed by atoms with van der Waals surface area (Å²) in [5.41, 5.74) is -1.40. The van der Waals surface area contributed by atoms with Gasteiger partial charge in [0.05, 0.1) is 22.9 Å². The number of aromatic nitrogens is 1. The van der Waals surface area contributed by atoms with E-state index in [0.29, 0.717) is 11.6 Å². The Labute approximate surface area is 157 Å². The molecule has 0 fully saturated rings. The van der Waals surface area contributed by atoms with Crippen molar-refractivity contribution in [3.63, 3.8) is 0 Å². The van der Waals surface area contributed by atoms with E-state index in [-0.39, 0.29) is 17.6 Å². The van der Waals surface area contributed by atoms with Crippen molar-refractivity contribution in [1.29, 1.82) is 5.26 Å². The number of nitrogens with one attached hydrogen (secondary N) is 2. The SMILES string of the molecule is N#CCc1ccc(NS(=O)(=O)c2ccc3[nH]c(=O)cc(C(F)(F)F)c3c2)cc1. The van der Waals surface area contributed by atoms with E-state index in [1.54, 1.807) is 12.1 Å². The van der Waals surface area contributed by atoms with Crippen molar-refractivity contribution in [3.8, 4) is 6.07 Å². The van der Waals surface area contributed by atoms with Crippen molar-refractivity contribution in [2.45, 2.75) is 17.5 Å². The van der Waals surface area contributed by atoms with Gasteiger partial charge in [0.1, 0.15) is 0 Å². The molecule has 3 aromatic rings. The number of pyridine rings is 1. The summed E-state index contributed by atoms with van der Waals surface area (Å²) in [6.07, 6.45) is -4.66. The second kappa shape index (κ2) is 7.01. The Balaban J connectivity index is 2.03.